The van der Waals surface area contributed by atoms with Gasteiger partial charge < -0.3 is 15.0 Å². The van der Waals surface area contributed by atoms with Crippen molar-refractivity contribution < 1.29 is 14.3 Å². The van der Waals surface area contributed by atoms with Gasteiger partial charge in [0.1, 0.15) is 12.4 Å². The largest absolute Gasteiger partial charge is 0.491 e. The number of carbonyl (C=O) groups is 2. The van der Waals surface area contributed by atoms with Gasteiger partial charge in [0, 0.05) is 19.0 Å². The van der Waals surface area contributed by atoms with Gasteiger partial charge in [0.05, 0.1) is 11.4 Å². The summed E-state index contributed by atoms with van der Waals surface area (Å²) in [5, 5.41) is 4.87. The van der Waals surface area contributed by atoms with Crippen molar-refractivity contribution in [2.45, 2.75) is 26.7 Å². The molecule has 27 heavy (non-hydrogen) atoms. The third kappa shape index (κ3) is 5.10. The lowest BCUT2D eigenvalue weighted by atomic mass is 9.96. The summed E-state index contributed by atoms with van der Waals surface area (Å²) in [5.74, 6) is 0.960. The zero-order valence-corrected chi connectivity index (χ0v) is 16.7. The minimum atomic E-state index is -0.0292. The first-order valence-corrected chi connectivity index (χ1v) is 10.2. The molecule has 0 unspecified atom stereocenters. The summed E-state index contributed by atoms with van der Waals surface area (Å²) >= 11 is 1.46. The van der Waals surface area contributed by atoms with Crippen LogP contribution in [0.3, 0.4) is 0 Å². The Morgan fingerprint density at radius 1 is 1.22 bits per heavy atom. The molecule has 3 rings (SSSR count). The molecule has 1 fully saturated rings. The first kappa shape index (κ1) is 19.4. The highest BCUT2D eigenvalue weighted by Crippen LogP contribution is 2.21. The van der Waals surface area contributed by atoms with Gasteiger partial charge in [0.2, 0.25) is 5.91 Å². The molecule has 0 spiro atoms. The number of rotatable bonds is 6. The Morgan fingerprint density at radius 2 is 2.00 bits per heavy atom. The van der Waals surface area contributed by atoms with E-state index in [1.54, 1.807) is 0 Å². The lowest BCUT2D eigenvalue weighted by Gasteiger charge is -2.31. The van der Waals surface area contributed by atoms with Crippen LogP contribution in [0.4, 0.5) is 0 Å². The number of amides is 2. The highest BCUT2D eigenvalue weighted by Gasteiger charge is 2.27. The van der Waals surface area contributed by atoms with E-state index in [2.05, 4.69) is 18.3 Å². The van der Waals surface area contributed by atoms with Crippen molar-refractivity contribution in [2.75, 3.05) is 26.2 Å². The number of hydrogen-bond acceptors (Lipinski definition) is 4. The number of likely N-dealkylation sites (tertiary alicyclic amines) is 1. The third-order valence-corrected chi connectivity index (χ3v) is 5.73. The van der Waals surface area contributed by atoms with E-state index in [9.17, 15) is 9.59 Å². The van der Waals surface area contributed by atoms with Crippen molar-refractivity contribution in [3.05, 3.63) is 51.7 Å². The number of benzene rings is 1. The highest BCUT2D eigenvalue weighted by molar-refractivity contribution is 7.12. The second kappa shape index (κ2) is 9.04. The molecule has 1 aromatic heterocycles. The molecule has 0 saturated carbocycles. The predicted molar refractivity (Wildman–Crippen MR) is 107 cm³/mol. The van der Waals surface area contributed by atoms with Crippen molar-refractivity contribution >= 4 is 23.2 Å². The Morgan fingerprint density at radius 3 is 2.67 bits per heavy atom. The minimum Gasteiger partial charge on any atom is -0.491 e. The maximum Gasteiger partial charge on any atom is 0.263 e. The van der Waals surface area contributed by atoms with Gasteiger partial charge in [-0.2, -0.15) is 0 Å². The lowest BCUT2D eigenvalue weighted by molar-refractivity contribution is -0.126. The number of nitrogens with one attached hydrogen (secondary N) is 1. The van der Waals surface area contributed by atoms with Gasteiger partial charge in [-0.25, -0.2) is 0 Å². The van der Waals surface area contributed by atoms with Gasteiger partial charge in [-0.15, -0.1) is 11.3 Å². The molecule has 1 saturated heterocycles. The van der Waals surface area contributed by atoms with Crippen LogP contribution in [0.25, 0.3) is 0 Å². The van der Waals surface area contributed by atoms with Crippen LogP contribution in [-0.2, 0) is 4.79 Å². The molecule has 0 atom stereocenters. The lowest BCUT2D eigenvalue weighted by Crippen LogP contribution is -2.43. The summed E-state index contributed by atoms with van der Waals surface area (Å²) in [7, 11) is 0. The summed E-state index contributed by atoms with van der Waals surface area (Å²) in [5.41, 5.74) is 2.31. The number of thiophene rings is 1. The van der Waals surface area contributed by atoms with Gasteiger partial charge in [0.25, 0.3) is 5.91 Å². The molecular formula is C21H26N2O3S. The molecule has 1 aliphatic rings. The molecule has 6 heteroatoms. The third-order valence-electron chi connectivity index (χ3n) is 4.87. The smallest absolute Gasteiger partial charge is 0.263 e. The predicted octanol–water partition coefficient (Wildman–Crippen LogP) is 3.41. The fourth-order valence-electron chi connectivity index (χ4n) is 3.34. The van der Waals surface area contributed by atoms with Crippen LogP contribution in [0, 0.1) is 19.8 Å². The number of hydrogen-bond donors (Lipinski definition) is 1. The van der Waals surface area contributed by atoms with Crippen LogP contribution in [0.1, 0.15) is 33.6 Å². The highest BCUT2D eigenvalue weighted by atomic mass is 32.1. The summed E-state index contributed by atoms with van der Waals surface area (Å²) in [6.45, 7) is 6.27. The minimum absolute atomic E-state index is 0.0292. The van der Waals surface area contributed by atoms with Crippen LogP contribution in [0.5, 0.6) is 5.75 Å². The fraction of sp³-hybridized carbons (Fsp3) is 0.429. The number of piperidine rings is 1. The Balaban J connectivity index is 1.37. The quantitative estimate of drug-likeness (QED) is 0.774. The Bertz CT molecular complexity index is 781. The van der Waals surface area contributed by atoms with E-state index in [0.717, 1.165) is 16.2 Å². The Hall–Kier alpha value is -2.34. The summed E-state index contributed by atoms with van der Waals surface area (Å²) in [4.78, 5) is 27.3. The SMILES string of the molecule is Cc1ccc(OCCNC(=O)C2CCN(C(=O)c3cccs3)CC2)c(C)c1. The van der Waals surface area contributed by atoms with Crippen molar-refractivity contribution in [3.8, 4) is 5.75 Å². The monoisotopic (exact) mass is 386 g/mol. The van der Waals surface area contributed by atoms with Gasteiger partial charge >= 0.3 is 0 Å². The zero-order chi connectivity index (χ0) is 19.2. The van der Waals surface area contributed by atoms with E-state index >= 15 is 0 Å². The van der Waals surface area contributed by atoms with E-state index in [-0.39, 0.29) is 17.7 Å². The molecule has 2 amide bonds. The maximum atomic E-state index is 12.4. The van der Waals surface area contributed by atoms with Crippen molar-refractivity contribution in [3.63, 3.8) is 0 Å². The molecule has 2 aromatic rings. The molecule has 1 aliphatic heterocycles. The number of nitrogens with zero attached hydrogens (tertiary/aromatic N) is 1. The fourth-order valence-corrected chi connectivity index (χ4v) is 4.03. The molecule has 144 valence electrons. The van der Waals surface area contributed by atoms with Crippen LogP contribution in [0.2, 0.25) is 0 Å². The van der Waals surface area contributed by atoms with E-state index < -0.39 is 0 Å². The van der Waals surface area contributed by atoms with Gasteiger partial charge in [-0.3, -0.25) is 9.59 Å². The molecule has 0 aliphatic carbocycles. The molecule has 5 nitrogen and oxygen atoms in total. The van der Waals surface area contributed by atoms with E-state index in [1.807, 2.05) is 41.5 Å². The normalized spacial score (nSPS) is 14.8. The molecular weight excluding hydrogens is 360 g/mol. The number of aryl methyl sites for hydroxylation is 2. The first-order chi connectivity index (χ1) is 13.0. The van der Waals surface area contributed by atoms with Crippen LogP contribution >= 0.6 is 11.3 Å². The van der Waals surface area contributed by atoms with Gasteiger partial charge in [-0.1, -0.05) is 23.8 Å². The number of ether oxygens (including phenoxy) is 1. The van der Waals surface area contributed by atoms with Crippen molar-refractivity contribution in [2.24, 2.45) is 5.92 Å². The maximum absolute atomic E-state index is 12.4. The number of carbonyl (C=O) groups excluding carboxylic acids is 2. The zero-order valence-electron chi connectivity index (χ0n) is 15.9. The standard InChI is InChI=1S/C21H26N2O3S/c1-15-5-6-18(16(2)14-15)26-12-9-22-20(24)17-7-10-23(11-8-17)21(25)19-4-3-13-27-19/h3-6,13-14,17H,7-12H2,1-2H3,(H,22,24). The topological polar surface area (TPSA) is 58.6 Å². The molecule has 1 aromatic carbocycles. The van der Waals surface area contributed by atoms with Crippen LogP contribution in [0.15, 0.2) is 35.7 Å². The Kier molecular flexibility index (Phi) is 6.50. The van der Waals surface area contributed by atoms with Crippen LogP contribution < -0.4 is 10.1 Å². The van der Waals surface area contributed by atoms with E-state index in [0.29, 0.717) is 39.1 Å². The van der Waals surface area contributed by atoms with E-state index in [1.165, 1.54) is 16.9 Å². The molecule has 0 radical (unpaired) electrons. The van der Waals surface area contributed by atoms with Crippen molar-refractivity contribution in [1.29, 1.82) is 0 Å². The van der Waals surface area contributed by atoms with Crippen LogP contribution in [-0.4, -0.2) is 43.0 Å². The summed E-state index contributed by atoms with van der Waals surface area (Å²) in [6.07, 6.45) is 1.42. The summed E-state index contributed by atoms with van der Waals surface area (Å²) in [6, 6.07) is 9.80. The second-order valence-electron chi connectivity index (χ2n) is 6.95. The molecule has 0 bridgehead atoms. The van der Waals surface area contributed by atoms with Gasteiger partial charge in [0.15, 0.2) is 0 Å². The van der Waals surface area contributed by atoms with E-state index in [4.69, 9.17) is 4.74 Å². The van der Waals surface area contributed by atoms with Gasteiger partial charge in [-0.05, 0) is 49.8 Å². The first-order valence-electron chi connectivity index (χ1n) is 9.35. The molecule has 2 heterocycles. The Labute approximate surface area is 164 Å². The van der Waals surface area contributed by atoms with Crippen molar-refractivity contribution in [1.82, 2.24) is 10.2 Å². The molecule has 1 N–H and O–H groups in total. The average molecular weight is 387 g/mol. The average Bonchev–Trinajstić information content (AvgIpc) is 3.21. The second-order valence-corrected chi connectivity index (χ2v) is 7.90. The summed E-state index contributed by atoms with van der Waals surface area (Å²) < 4.78 is 5.75.